The van der Waals surface area contributed by atoms with Gasteiger partial charge in [-0.15, -0.1) is 0 Å². The Morgan fingerprint density at radius 3 is 2.21 bits per heavy atom. The Morgan fingerprint density at radius 2 is 1.58 bits per heavy atom. The summed E-state index contributed by atoms with van der Waals surface area (Å²) in [5.41, 5.74) is 5.42. The highest BCUT2D eigenvalue weighted by Gasteiger charge is 2.19. The van der Waals surface area contributed by atoms with E-state index in [9.17, 15) is 4.79 Å². The fourth-order valence-corrected chi connectivity index (χ4v) is 3.72. The van der Waals surface area contributed by atoms with Crippen LogP contribution in [0.25, 0.3) is 5.69 Å². The molecule has 1 fully saturated rings. The summed E-state index contributed by atoms with van der Waals surface area (Å²) >= 11 is 0. The van der Waals surface area contributed by atoms with Gasteiger partial charge in [-0.25, -0.2) is 0 Å². The van der Waals surface area contributed by atoms with Crippen molar-refractivity contribution in [2.24, 2.45) is 0 Å². The highest BCUT2D eigenvalue weighted by Crippen LogP contribution is 2.22. The third-order valence-corrected chi connectivity index (χ3v) is 5.09. The molecule has 0 amide bonds. The summed E-state index contributed by atoms with van der Waals surface area (Å²) in [5.74, 6) is 0.253. The van der Waals surface area contributed by atoms with E-state index in [1.807, 2.05) is 0 Å². The minimum atomic E-state index is 0.253. The zero-order valence-corrected chi connectivity index (χ0v) is 15.1. The summed E-state index contributed by atoms with van der Waals surface area (Å²) in [6.07, 6.45) is 5.03. The van der Waals surface area contributed by atoms with Gasteiger partial charge in [-0.1, -0.05) is 30.5 Å². The minimum absolute atomic E-state index is 0.253. The van der Waals surface area contributed by atoms with Crippen molar-refractivity contribution in [3.63, 3.8) is 0 Å². The first-order valence-corrected chi connectivity index (χ1v) is 9.08. The SMILES string of the molecule is Cc1ccc(-n2c(C)cc(C(=O)CN3CCCCCC3)c2C)cc1. The van der Waals surface area contributed by atoms with Gasteiger partial charge in [-0.05, 0) is 64.9 Å². The largest absolute Gasteiger partial charge is 0.318 e. The first kappa shape index (κ1) is 17.0. The number of likely N-dealkylation sites (tertiary alicyclic amines) is 1. The fraction of sp³-hybridized carbons (Fsp3) is 0.476. The molecular weight excluding hydrogens is 296 g/mol. The fourth-order valence-electron chi connectivity index (χ4n) is 3.72. The number of hydrogen-bond acceptors (Lipinski definition) is 2. The van der Waals surface area contributed by atoms with Crippen molar-refractivity contribution in [2.75, 3.05) is 19.6 Å². The Kier molecular flexibility index (Phi) is 5.20. The summed E-state index contributed by atoms with van der Waals surface area (Å²) in [4.78, 5) is 15.2. The van der Waals surface area contributed by atoms with E-state index in [0.717, 1.165) is 35.7 Å². The highest BCUT2D eigenvalue weighted by molar-refractivity contribution is 5.99. The van der Waals surface area contributed by atoms with Gasteiger partial charge in [0.05, 0.1) is 6.54 Å². The second kappa shape index (κ2) is 7.35. The normalized spacial score (nSPS) is 16.1. The lowest BCUT2D eigenvalue weighted by molar-refractivity contribution is 0.0932. The number of carbonyl (C=O) groups is 1. The van der Waals surface area contributed by atoms with Crippen molar-refractivity contribution >= 4 is 5.78 Å². The van der Waals surface area contributed by atoms with Crippen molar-refractivity contribution in [1.29, 1.82) is 0 Å². The van der Waals surface area contributed by atoms with Crippen LogP contribution in [0.1, 0.15) is 53.0 Å². The second-order valence-electron chi connectivity index (χ2n) is 7.07. The van der Waals surface area contributed by atoms with Gasteiger partial charge in [-0.2, -0.15) is 0 Å². The van der Waals surface area contributed by atoms with Gasteiger partial charge in [0.2, 0.25) is 0 Å². The standard InChI is InChI=1S/C21H28N2O/c1-16-8-10-19(11-9-16)23-17(2)14-20(18(23)3)21(24)15-22-12-6-4-5-7-13-22/h8-11,14H,4-7,12-13,15H2,1-3H3. The monoisotopic (exact) mass is 324 g/mol. The molecule has 24 heavy (non-hydrogen) atoms. The Bertz CT molecular complexity index is 704. The molecule has 0 saturated carbocycles. The van der Waals surface area contributed by atoms with Crippen LogP contribution in [-0.4, -0.2) is 34.9 Å². The Balaban J connectivity index is 1.82. The van der Waals surface area contributed by atoms with Crippen LogP contribution >= 0.6 is 0 Å². The molecule has 1 aromatic heterocycles. The number of carbonyl (C=O) groups excluding carboxylic acids is 1. The molecular formula is C21H28N2O. The van der Waals surface area contributed by atoms with Crippen molar-refractivity contribution in [3.8, 4) is 5.69 Å². The van der Waals surface area contributed by atoms with E-state index < -0.39 is 0 Å². The molecule has 0 spiro atoms. The molecule has 2 aromatic rings. The zero-order valence-electron chi connectivity index (χ0n) is 15.1. The van der Waals surface area contributed by atoms with E-state index in [-0.39, 0.29) is 5.78 Å². The number of aromatic nitrogens is 1. The summed E-state index contributed by atoms with van der Waals surface area (Å²) in [5, 5.41) is 0. The molecule has 0 aliphatic carbocycles. The molecule has 2 heterocycles. The highest BCUT2D eigenvalue weighted by atomic mass is 16.1. The van der Waals surface area contributed by atoms with Gasteiger partial charge in [0.25, 0.3) is 0 Å². The molecule has 128 valence electrons. The molecule has 3 rings (SSSR count). The molecule has 0 unspecified atom stereocenters. The third-order valence-electron chi connectivity index (χ3n) is 5.09. The number of rotatable bonds is 4. The van der Waals surface area contributed by atoms with E-state index in [2.05, 4.69) is 60.6 Å². The average Bonchev–Trinajstić information content (AvgIpc) is 2.74. The van der Waals surface area contributed by atoms with E-state index in [1.165, 1.54) is 31.2 Å². The molecule has 1 saturated heterocycles. The van der Waals surface area contributed by atoms with Crippen LogP contribution in [-0.2, 0) is 0 Å². The Morgan fingerprint density at radius 1 is 0.958 bits per heavy atom. The quantitative estimate of drug-likeness (QED) is 0.776. The molecule has 1 aromatic carbocycles. The summed E-state index contributed by atoms with van der Waals surface area (Å²) < 4.78 is 2.19. The maximum absolute atomic E-state index is 12.8. The minimum Gasteiger partial charge on any atom is -0.318 e. The summed E-state index contributed by atoms with van der Waals surface area (Å²) in [6.45, 7) is 8.90. The molecule has 3 heteroatoms. The van der Waals surface area contributed by atoms with E-state index in [0.29, 0.717) is 6.54 Å². The molecule has 0 atom stereocenters. The number of benzene rings is 1. The van der Waals surface area contributed by atoms with E-state index in [4.69, 9.17) is 0 Å². The zero-order chi connectivity index (χ0) is 17.1. The van der Waals surface area contributed by atoms with Gasteiger partial charge in [-0.3, -0.25) is 9.69 Å². The van der Waals surface area contributed by atoms with Gasteiger partial charge in [0.1, 0.15) is 0 Å². The topological polar surface area (TPSA) is 25.2 Å². The predicted octanol–water partition coefficient (Wildman–Crippen LogP) is 4.46. The van der Waals surface area contributed by atoms with Gasteiger partial charge in [0, 0.05) is 22.6 Å². The van der Waals surface area contributed by atoms with Crippen molar-refractivity contribution in [1.82, 2.24) is 9.47 Å². The summed E-state index contributed by atoms with van der Waals surface area (Å²) in [6, 6.07) is 10.5. The van der Waals surface area contributed by atoms with Crippen LogP contribution in [0.2, 0.25) is 0 Å². The lowest BCUT2D eigenvalue weighted by Gasteiger charge is -2.18. The van der Waals surface area contributed by atoms with Crippen molar-refractivity contribution in [3.05, 3.63) is 52.8 Å². The predicted molar refractivity (Wildman–Crippen MR) is 99.2 cm³/mol. The van der Waals surface area contributed by atoms with Crippen molar-refractivity contribution < 1.29 is 4.79 Å². The molecule has 1 aliphatic rings. The Labute approximate surface area is 145 Å². The van der Waals surface area contributed by atoms with Crippen LogP contribution in [0.15, 0.2) is 30.3 Å². The number of nitrogens with zero attached hydrogens (tertiary/aromatic N) is 2. The van der Waals surface area contributed by atoms with Crippen LogP contribution in [0.5, 0.6) is 0 Å². The number of hydrogen-bond donors (Lipinski definition) is 0. The molecule has 0 radical (unpaired) electrons. The molecule has 1 aliphatic heterocycles. The molecule has 0 bridgehead atoms. The lowest BCUT2D eigenvalue weighted by Crippen LogP contribution is -2.31. The number of Topliss-reactive ketones (excluding diaryl/α,β-unsaturated/α-hetero) is 1. The average molecular weight is 324 g/mol. The smallest absolute Gasteiger partial charge is 0.178 e. The number of aryl methyl sites for hydroxylation is 2. The first-order valence-electron chi connectivity index (χ1n) is 9.08. The molecule has 3 nitrogen and oxygen atoms in total. The molecule has 0 N–H and O–H groups in total. The van der Waals surface area contributed by atoms with Gasteiger partial charge >= 0.3 is 0 Å². The maximum Gasteiger partial charge on any atom is 0.178 e. The van der Waals surface area contributed by atoms with Gasteiger partial charge in [0.15, 0.2) is 5.78 Å². The van der Waals surface area contributed by atoms with Crippen molar-refractivity contribution in [2.45, 2.75) is 46.5 Å². The summed E-state index contributed by atoms with van der Waals surface area (Å²) in [7, 11) is 0. The van der Waals surface area contributed by atoms with Crippen LogP contribution in [0.3, 0.4) is 0 Å². The lowest BCUT2D eigenvalue weighted by atomic mass is 10.1. The third kappa shape index (κ3) is 3.62. The van der Waals surface area contributed by atoms with E-state index in [1.54, 1.807) is 0 Å². The van der Waals surface area contributed by atoms with Crippen LogP contribution < -0.4 is 0 Å². The van der Waals surface area contributed by atoms with E-state index >= 15 is 0 Å². The maximum atomic E-state index is 12.8. The second-order valence-corrected chi connectivity index (χ2v) is 7.07. The van der Waals surface area contributed by atoms with Crippen LogP contribution in [0.4, 0.5) is 0 Å². The van der Waals surface area contributed by atoms with Crippen LogP contribution in [0, 0.1) is 20.8 Å². The first-order chi connectivity index (χ1) is 11.6. The number of ketones is 1. The van der Waals surface area contributed by atoms with Gasteiger partial charge < -0.3 is 4.57 Å². The Hall–Kier alpha value is -1.87.